The minimum absolute atomic E-state index is 0.0259. The number of amides is 2. The number of ether oxygens (including phenoxy) is 1. The Morgan fingerprint density at radius 3 is 2.27 bits per heavy atom. The van der Waals surface area contributed by atoms with Crippen LogP contribution in [0.25, 0.3) is 11.1 Å². The summed E-state index contributed by atoms with van der Waals surface area (Å²) in [7, 11) is 0. The number of fused-ring (bicyclic) bond motifs is 3. The molecule has 1 heterocycles. The zero-order valence-corrected chi connectivity index (χ0v) is 18.5. The summed E-state index contributed by atoms with van der Waals surface area (Å²) in [6.07, 6.45) is -1.08. The molecule has 0 bridgehead atoms. The maximum atomic E-state index is 14.5. The van der Waals surface area contributed by atoms with Gasteiger partial charge in [0.25, 0.3) is 5.91 Å². The van der Waals surface area contributed by atoms with Gasteiger partial charge in [-0.05, 0) is 29.2 Å². The summed E-state index contributed by atoms with van der Waals surface area (Å²) < 4.78 is 34.2. The molecule has 0 saturated carbocycles. The second-order valence-electron chi connectivity index (χ2n) is 7.88. The van der Waals surface area contributed by atoms with Gasteiger partial charge in [0.1, 0.15) is 12.6 Å². The second-order valence-corrected chi connectivity index (χ2v) is 9.23. The zero-order valence-electron chi connectivity index (χ0n) is 17.7. The molecule has 2 N–H and O–H groups in total. The lowest BCUT2D eigenvalue weighted by Crippen LogP contribution is -2.55. The Labute approximate surface area is 193 Å². The monoisotopic (exact) mass is 476 g/mol. The fourth-order valence-corrected chi connectivity index (χ4v) is 5.41. The molecule has 0 radical (unpaired) electrons. The number of halogens is 2. The van der Waals surface area contributed by atoms with Crippen LogP contribution in [0.1, 0.15) is 24.0 Å². The van der Waals surface area contributed by atoms with Crippen molar-refractivity contribution in [2.45, 2.75) is 30.2 Å². The van der Waals surface area contributed by atoms with E-state index in [1.807, 2.05) is 53.8 Å². The number of nitrogens with zero attached hydrogens (tertiary/aromatic N) is 1. The Balaban J connectivity index is 1.37. The van der Waals surface area contributed by atoms with Crippen molar-refractivity contribution in [1.82, 2.24) is 10.2 Å². The van der Waals surface area contributed by atoms with Crippen molar-refractivity contribution < 1.29 is 33.0 Å². The molecule has 10 heteroatoms. The number of nitrogens with one attached hydrogen (secondary N) is 1. The lowest BCUT2D eigenvalue weighted by molar-refractivity contribution is -0.164. The number of carbonyl (C=O) groups is 3. The Bertz CT molecular complexity index is 1050. The number of aliphatic carboxylic acids is 1. The van der Waals surface area contributed by atoms with E-state index < -0.39 is 41.9 Å². The van der Waals surface area contributed by atoms with Crippen molar-refractivity contribution in [3.05, 3.63) is 59.7 Å². The smallest absolute Gasteiger partial charge is 0.407 e. The minimum atomic E-state index is -3.97. The lowest BCUT2D eigenvalue weighted by atomic mass is 9.98. The van der Waals surface area contributed by atoms with Crippen molar-refractivity contribution in [2.24, 2.45) is 0 Å². The maximum Gasteiger partial charge on any atom is 0.407 e. The van der Waals surface area contributed by atoms with Gasteiger partial charge in [0.15, 0.2) is 0 Å². The van der Waals surface area contributed by atoms with Crippen LogP contribution in [0, 0.1) is 0 Å². The molecule has 1 aliphatic heterocycles. The van der Waals surface area contributed by atoms with Crippen LogP contribution in [0.15, 0.2) is 48.5 Å². The number of rotatable bonds is 6. The number of alkyl halides is 2. The van der Waals surface area contributed by atoms with Crippen LogP contribution in [-0.2, 0) is 14.3 Å². The zero-order chi connectivity index (χ0) is 23.8. The number of carboxylic acid groups (broad SMARTS) is 1. The molecule has 1 saturated heterocycles. The quantitative estimate of drug-likeness (QED) is 0.662. The number of hydrogen-bond acceptors (Lipinski definition) is 5. The molecule has 2 aromatic rings. The first-order valence-electron chi connectivity index (χ1n) is 10.3. The van der Waals surface area contributed by atoms with Crippen molar-refractivity contribution in [3.8, 4) is 11.1 Å². The number of benzene rings is 2. The van der Waals surface area contributed by atoms with E-state index in [1.165, 1.54) is 6.92 Å². The fourth-order valence-electron chi connectivity index (χ4n) is 4.24. The minimum Gasteiger partial charge on any atom is -0.480 e. The SMILES string of the molecule is CC1SCC(C(=O)O)N1C(=O)C(F)(F)CNC(=O)OCC1c2ccccc2-c2ccccc21. The van der Waals surface area contributed by atoms with Gasteiger partial charge < -0.3 is 20.1 Å². The summed E-state index contributed by atoms with van der Waals surface area (Å²) in [4.78, 5) is 36.5. The van der Waals surface area contributed by atoms with Crippen molar-refractivity contribution >= 4 is 29.7 Å². The van der Waals surface area contributed by atoms with Gasteiger partial charge in [-0.3, -0.25) is 4.79 Å². The number of hydrogen-bond donors (Lipinski definition) is 2. The van der Waals surface area contributed by atoms with Gasteiger partial charge in [-0.15, -0.1) is 11.8 Å². The molecule has 1 fully saturated rings. The molecular weight excluding hydrogens is 454 g/mol. The van der Waals surface area contributed by atoms with Crippen LogP contribution in [0.4, 0.5) is 13.6 Å². The van der Waals surface area contributed by atoms with Crippen LogP contribution in [-0.4, -0.2) is 64.2 Å². The van der Waals surface area contributed by atoms with Crippen LogP contribution in [0.3, 0.4) is 0 Å². The largest absolute Gasteiger partial charge is 0.480 e. The molecular formula is C23H22F2N2O5S. The highest BCUT2D eigenvalue weighted by atomic mass is 32.2. The highest BCUT2D eigenvalue weighted by Crippen LogP contribution is 2.44. The van der Waals surface area contributed by atoms with E-state index in [4.69, 9.17) is 4.74 Å². The van der Waals surface area contributed by atoms with E-state index in [0.717, 1.165) is 34.0 Å². The highest BCUT2D eigenvalue weighted by molar-refractivity contribution is 8.00. The summed E-state index contributed by atoms with van der Waals surface area (Å²) in [5.41, 5.74) is 4.02. The molecule has 2 aliphatic rings. The Morgan fingerprint density at radius 2 is 1.70 bits per heavy atom. The Kier molecular flexibility index (Phi) is 6.29. The second kappa shape index (κ2) is 9.01. The predicted molar refractivity (Wildman–Crippen MR) is 118 cm³/mol. The summed E-state index contributed by atoms with van der Waals surface area (Å²) in [6, 6.07) is 14.1. The van der Waals surface area contributed by atoms with Gasteiger partial charge >= 0.3 is 18.0 Å². The molecule has 7 nitrogen and oxygen atoms in total. The van der Waals surface area contributed by atoms with Crippen molar-refractivity contribution in [2.75, 3.05) is 18.9 Å². The molecule has 174 valence electrons. The summed E-state index contributed by atoms with van der Waals surface area (Å²) in [6.45, 7) is 0.142. The highest BCUT2D eigenvalue weighted by Gasteiger charge is 2.50. The van der Waals surface area contributed by atoms with Gasteiger partial charge in [-0.1, -0.05) is 48.5 Å². The van der Waals surface area contributed by atoms with Crippen LogP contribution in [0.2, 0.25) is 0 Å². The molecule has 1 aliphatic carbocycles. The Morgan fingerprint density at radius 1 is 1.12 bits per heavy atom. The van der Waals surface area contributed by atoms with Gasteiger partial charge in [-0.2, -0.15) is 8.78 Å². The van der Waals surface area contributed by atoms with E-state index in [-0.39, 0.29) is 18.3 Å². The number of alkyl carbamates (subject to hydrolysis) is 1. The maximum absolute atomic E-state index is 14.5. The predicted octanol–water partition coefficient (Wildman–Crippen LogP) is 3.54. The fraction of sp³-hybridized carbons (Fsp3) is 0.348. The van der Waals surface area contributed by atoms with Gasteiger partial charge in [0.2, 0.25) is 0 Å². The third kappa shape index (κ3) is 4.39. The normalized spacial score (nSPS) is 19.7. The van der Waals surface area contributed by atoms with E-state index in [2.05, 4.69) is 0 Å². The average molecular weight is 477 g/mol. The van der Waals surface area contributed by atoms with E-state index in [0.29, 0.717) is 4.90 Å². The number of thioether (sulfide) groups is 1. The van der Waals surface area contributed by atoms with E-state index in [9.17, 15) is 28.3 Å². The first-order valence-corrected chi connectivity index (χ1v) is 11.4. The average Bonchev–Trinajstić information content (AvgIpc) is 3.34. The van der Waals surface area contributed by atoms with Crippen molar-refractivity contribution in [3.63, 3.8) is 0 Å². The van der Waals surface area contributed by atoms with Crippen LogP contribution < -0.4 is 5.32 Å². The van der Waals surface area contributed by atoms with E-state index in [1.54, 1.807) is 0 Å². The topological polar surface area (TPSA) is 95.9 Å². The summed E-state index contributed by atoms with van der Waals surface area (Å²) >= 11 is 1.10. The molecule has 0 spiro atoms. The standard InChI is InChI=1S/C23H22F2N2O5S/c1-13-27(19(11-33-13)20(28)29)21(30)23(24,25)12-26-22(31)32-10-18-16-8-4-2-6-14(16)15-7-3-5-9-17(15)18/h2-9,13,18-19H,10-12H2,1H3,(H,26,31)(H,28,29). The molecule has 2 amide bonds. The number of carboxylic acids is 1. The van der Waals surface area contributed by atoms with Gasteiger partial charge in [0, 0.05) is 11.7 Å². The molecule has 2 atom stereocenters. The van der Waals surface area contributed by atoms with Crippen LogP contribution >= 0.6 is 11.8 Å². The Hall–Kier alpha value is -3.14. The first-order chi connectivity index (χ1) is 15.7. The molecule has 4 rings (SSSR count). The molecule has 0 aromatic heterocycles. The molecule has 2 unspecified atom stereocenters. The third-order valence-corrected chi connectivity index (χ3v) is 7.07. The summed E-state index contributed by atoms with van der Waals surface area (Å²) in [5, 5.41) is 10.4. The molecule has 2 aromatic carbocycles. The summed E-state index contributed by atoms with van der Waals surface area (Å²) in [5.74, 6) is -7.16. The third-order valence-electron chi connectivity index (χ3n) is 5.85. The van der Waals surface area contributed by atoms with Gasteiger partial charge in [0.05, 0.1) is 11.9 Å². The van der Waals surface area contributed by atoms with Crippen molar-refractivity contribution in [1.29, 1.82) is 0 Å². The number of carbonyl (C=O) groups excluding carboxylic acids is 2. The molecule has 33 heavy (non-hydrogen) atoms. The van der Waals surface area contributed by atoms with Crippen LogP contribution in [0.5, 0.6) is 0 Å². The first kappa shape index (κ1) is 23.0. The van der Waals surface area contributed by atoms with E-state index >= 15 is 0 Å². The lowest BCUT2D eigenvalue weighted by Gasteiger charge is -2.29. The van der Waals surface area contributed by atoms with Gasteiger partial charge in [-0.25, -0.2) is 9.59 Å².